The van der Waals surface area contributed by atoms with Gasteiger partial charge in [-0.1, -0.05) is 104 Å². The number of hydrogen-bond acceptors (Lipinski definition) is 12. The van der Waals surface area contributed by atoms with E-state index in [4.69, 9.17) is 32.7 Å². The van der Waals surface area contributed by atoms with Gasteiger partial charge in [0, 0.05) is 23.8 Å². The van der Waals surface area contributed by atoms with Crippen LogP contribution < -0.4 is 42.9 Å². The van der Waals surface area contributed by atoms with Gasteiger partial charge in [0.15, 0.2) is 0 Å². The first-order chi connectivity index (χ1) is 33.1. The largest absolute Gasteiger partial charge is 0.489 e. The van der Waals surface area contributed by atoms with Gasteiger partial charge < -0.3 is 25.2 Å². The van der Waals surface area contributed by atoms with Crippen molar-refractivity contribution in [3.05, 3.63) is 159 Å². The van der Waals surface area contributed by atoms with Gasteiger partial charge in [0.2, 0.25) is 11.9 Å². The Hall–Kier alpha value is -6.98. The highest BCUT2D eigenvalue weighted by atomic mass is 35.5. The highest BCUT2D eigenvalue weighted by molar-refractivity contribution is 6.32. The van der Waals surface area contributed by atoms with Crippen LogP contribution in [0.3, 0.4) is 0 Å². The molecule has 4 aromatic carbocycles. The van der Waals surface area contributed by atoms with E-state index < -0.39 is 46.6 Å². The van der Waals surface area contributed by atoms with Gasteiger partial charge in [-0.15, -0.1) is 0 Å². The summed E-state index contributed by atoms with van der Waals surface area (Å²) in [5, 5.41) is 16.2. The number of anilines is 4. The number of nitrogens with one attached hydrogen (secondary N) is 2. The van der Waals surface area contributed by atoms with Gasteiger partial charge in [-0.05, 0) is 109 Å². The maximum Gasteiger partial charge on any atom is 0.355 e. The minimum absolute atomic E-state index is 0. The third-order valence-electron chi connectivity index (χ3n) is 11.5. The second-order valence-electron chi connectivity index (χ2n) is 17.5. The second-order valence-corrected chi connectivity index (χ2v) is 18.4. The lowest BCUT2D eigenvalue weighted by atomic mass is 10.0. The normalized spacial score (nSPS) is 12.6. The summed E-state index contributed by atoms with van der Waals surface area (Å²) >= 11 is 12.7. The SMILES string of the molecule is C.CC[C@@H](C)Oc1ccc(Nc2nc(=O)n(C[C@H](C)C(C)=O)c(=O)n2Cc2ccc(C)cc2)cc1Cl.Cc1ccc(Cn2c(Nc3ccc(OC(C)C)c(Cl)c3)nc(=O)n([C@@H](C)[C@@H](C)C(=O)O)c2=O)cc1. The lowest BCUT2D eigenvalue weighted by Gasteiger charge is -2.21. The van der Waals surface area contributed by atoms with Crippen molar-refractivity contribution in [2.45, 2.75) is 121 Å². The summed E-state index contributed by atoms with van der Waals surface area (Å²) in [5.74, 6) is -1.55. The van der Waals surface area contributed by atoms with Crippen molar-refractivity contribution in [3.8, 4) is 11.5 Å². The molecule has 2 aromatic heterocycles. The average Bonchev–Trinajstić information content (AvgIpc) is 3.30. The summed E-state index contributed by atoms with van der Waals surface area (Å²) in [6.07, 6.45) is 0.789. The van der Waals surface area contributed by atoms with E-state index in [9.17, 15) is 33.9 Å². The third-order valence-corrected chi connectivity index (χ3v) is 12.1. The Bertz CT molecular complexity index is 3060. The number of aryl methyl sites for hydroxylation is 2. The quantitative estimate of drug-likeness (QED) is 0.0691. The number of hydrogen-bond donors (Lipinski definition) is 3. The van der Waals surface area contributed by atoms with Gasteiger partial charge in [0.25, 0.3) is 0 Å². The number of ether oxygens (including phenoxy) is 2. The number of Topliss-reactive ketones (excluding diaryl/α,β-unsaturated/α-hetero) is 1. The Kier molecular flexibility index (Phi) is 20.1. The standard InChI is InChI=1S/C26H31ClN4O4.C25H29ClN4O5.CH4/c1-6-18(4)35-23-12-11-21(13-22(23)27)28-24-29-25(33)31(14-17(3)19(5)32)26(34)30(24)15-20-9-7-16(2)8-10-20;1-14(2)35-21-11-10-19(12-20(21)26)27-23-28-24(33)30(17(5)16(4)22(31)32)25(34)29(23)13-18-8-6-15(3)7-9-18;/h7-13,17-18H,6,14-15H2,1-5H3,(H,28,29,33);6-12,14,16-17H,13H2,1-5H3,(H,31,32)(H,27,28,33);1H4/t17-,18+;16-,17+;/m01./s1. The number of nitrogens with zero attached hydrogens (tertiary/aromatic N) is 6. The molecular formula is C52H64Cl2N8O9. The van der Waals surface area contributed by atoms with Crippen LogP contribution >= 0.6 is 23.2 Å². The van der Waals surface area contributed by atoms with E-state index >= 15 is 0 Å². The van der Waals surface area contributed by atoms with Crippen LogP contribution in [0.5, 0.6) is 11.5 Å². The van der Waals surface area contributed by atoms with Gasteiger partial charge in [0.1, 0.15) is 17.3 Å². The zero-order valence-electron chi connectivity index (χ0n) is 41.0. The molecule has 2 heterocycles. The molecule has 380 valence electrons. The van der Waals surface area contributed by atoms with Crippen LogP contribution in [0.1, 0.15) is 97.5 Å². The molecule has 0 aliphatic heterocycles. The topological polar surface area (TPSA) is 211 Å². The Morgan fingerprint density at radius 2 is 1.11 bits per heavy atom. The lowest BCUT2D eigenvalue weighted by Crippen LogP contribution is -2.46. The lowest BCUT2D eigenvalue weighted by molar-refractivity contribution is -0.142. The fourth-order valence-electron chi connectivity index (χ4n) is 6.76. The Balaban J connectivity index is 0.000000304. The first-order valence-electron chi connectivity index (χ1n) is 22.8. The van der Waals surface area contributed by atoms with Crippen molar-refractivity contribution in [1.29, 1.82) is 0 Å². The Morgan fingerprint density at radius 1 is 0.662 bits per heavy atom. The highest BCUT2D eigenvalue weighted by Gasteiger charge is 2.26. The molecule has 3 N–H and O–H groups in total. The molecule has 6 aromatic rings. The van der Waals surface area contributed by atoms with Gasteiger partial charge in [0.05, 0.1) is 47.3 Å². The third kappa shape index (κ3) is 15.0. The van der Waals surface area contributed by atoms with Crippen LogP contribution in [0.4, 0.5) is 23.3 Å². The van der Waals surface area contributed by atoms with E-state index in [2.05, 4.69) is 20.6 Å². The number of rotatable bonds is 19. The molecule has 6 rings (SSSR count). The number of halogens is 2. The molecule has 71 heavy (non-hydrogen) atoms. The zero-order valence-corrected chi connectivity index (χ0v) is 42.5. The molecule has 17 nitrogen and oxygen atoms in total. The molecule has 0 fully saturated rings. The van der Waals surface area contributed by atoms with Crippen LogP contribution in [0.2, 0.25) is 10.0 Å². The van der Waals surface area contributed by atoms with Gasteiger partial charge in [-0.3, -0.25) is 18.7 Å². The van der Waals surface area contributed by atoms with Crippen LogP contribution in [-0.2, 0) is 29.2 Å². The second kappa shape index (κ2) is 25.2. The Labute approximate surface area is 423 Å². The van der Waals surface area contributed by atoms with Crippen LogP contribution in [-0.4, -0.2) is 57.3 Å². The molecule has 4 atom stereocenters. The van der Waals surface area contributed by atoms with Crippen LogP contribution in [0, 0.1) is 25.7 Å². The Morgan fingerprint density at radius 3 is 1.54 bits per heavy atom. The number of carboxylic acid groups (broad SMARTS) is 1. The predicted molar refractivity (Wildman–Crippen MR) is 280 cm³/mol. The van der Waals surface area contributed by atoms with E-state index in [0.29, 0.717) is 32.9 Å². The molecular weight excluding hydrogens is 952 g/mol. The minimum Gasteiger partial charge on any atom is -0.489 e. The molecule has 0 saturated carbocycles. The summed E-state index contributed by atoms with van der Waals surface area (Å²) in [7, 11) is 0. The van der Waals surface area contributed by atoms with Gasteiger partial charge in [-0.2, -0.15) is 9.97 Å². The van der Waals surface area contributed by atoms with Crippen molar-refractivity contribution in [1.82, 2.24) is 28.2 Å². The number of carbonyl (C=O) groups is 2. The number of carboxylic acids is 1. The van der Waals surface area contributed by atoms with Crippen LogP contribution in [0.15, 0.2) is 104 Å². The van der Waals surface area contributed by atoms with Gasteiger partial charge in [-0.25, -0.2) is 28.3 Å². The summed E-state index contributed by atoms with van der Waals surface area (Å²) in [6.45, 7) is 18.0. The number of benzene rings is 4. The molecule has 0 saturated heterocycles. The van der Waals surface area contributed by atoms with E-state index in [1.807, 2.05) is 90.1 Å². The fraction of sp³-hybridized carbons (Fsp3) is 0.385. The average molecular weight is 1020 g/mol. The van der Waals surface area contributed by atoms with E-state index in [0.717, 1.165) is 37.8 Å². The number of ketones is 1. The molecule has 0 radical (unpaired) electrons. The zero-order chi connectivity index (χ0) is 51.6. The highest BCUT2D eigenvalue weighted by Crippen LogP contribution is 2.31. The minimum atomic E-state index is -1.12. The van der Waals surface area contributed by atoms with Crippen molar-refractivity contribution >= 4 is 58.2 Å². The maximum absolute atomic E-state index is 13.5. The summed E-state index contributed by atoms with van der Waals surface area (Å²) in [5.41, 5.74) is 2.08. The van der Waals surface area contributed by atoms with E-state index in [1.165, 1.54) is 29.9 Å². The molecule has 0 amide bonds. The molecule has 0 bridgehead atoms. The summed E-state index contributed by atoms with van der Waals surface area (Å²) < 4.78 is 16.0. The smallest absolute Gasteiger partial charge is 0.355 e. The van der Waals surface area contributed by atoms with E-state index in [-0.39, 0.29) is 56.9 Å². The summed E-state index contributed by atoms with van der Waals surface area (Å²) in [4.78, 5) is 84.0. The molecule has 0 aliphatic carbocycles. The molecule has 0 spiro atoms. The maximum atomic E-state index is 13.5. The predicted octanol–water partition coefficient (Wildman–Crippen LogP) is 9.42. The van der Waals surface area contributed by atoms with Crippen molar-refractivity contribution in [2.75, 3.05) is 10.6 Å². The fourth-order valence-corrected chi connectivity index (χ4v) is 7.21. The first-order valence-corrected chi connectivity index (χ1v) is 23.6. The summed E-state index contributed by atoms with van der Waals surface area (Å²) in [6, 6.07) is 24.5. The van der Waals surface area contributed by atoms with Crippen molar-refractivity contribution in [3.63, 3.8) is 0 Å². The van der Waals surface area contributed by atoms with Crippen molar-refractivity contribution < 1.29 is 24.2 Å². The number of aromatic nitrogens is 6. The van der Waals surface area contributed by atoms with Gasteiger partial charge >= 0.3 is 28.7 Å². The first kappa shape index (κ1) is 56.6. The molecule has 0 aliphatic rings. The van der Waals surface area contributed by atoms with Crippen LogP contribution in [0.25, 0.3) is 0 Å². The monoisotopic (exact) mass is 1010 g/mol. The number of carbonyl (C=O) groups excluding carboxylic acids is 1. The molecule has 0 unspecified atom stereocenters. The molecule has 19 heteroatoms. The van der Waals surface area contributed by atoms with Crippen molar-refractivity contribution in [2.24, 2.45) is 11.8 Å². The number of aliphatic carboxylic acids is 1. The van der Waals surface area contributed by atoms with E-state index in [1.54, 1.807) is 43.3 Å².